The van der Waals surface area contributed by atoms with Crippen LogP contribution >= 0.6 is 0 Å². The second-order valence-electron chi connectivity index (χ2n) is 5.51. The molecule has 1 aromatic carbocycles. The lowest BCUT2D eigenvalue weighted by atomic mass is 10.1. The van der Waals surface area contributed by atoms with Crippen LogP contribution in [0.1, 0.15) is 23.9 Å². The SMILES string of the molecule is CON(C[SiH2]C(CCC[Si](OC)(OC)OC)c1ccccc1)OC. The highest BCUT2D eigenvalue weighted by Crippen LogP contribution is 2.24. The molecule has 0 fully saturated rings. The maximum absolute atomic E-state index is 5.51. The normalized spacial score (nSPS) is 13.9. The molecule has 0 spiro atoms. The van der Waals surface area contributed by atoms with Crippen molar-refractivity contribution in [3.63, 3.8) is 0 Å². The van der Waals surface area contributed by atoms with E-state index in [0.29, 0.717) is 5.54 Å². The van der Waals surface area contributed by atoms with Crippen LogP contribution in [0.2, 0.25) is 6.04 Å². The fourth-order valence-corrected chi connectivity index (χ4v) is 6.66. The summed E-state index contributed by atoms with van der Waals surface area (Å²) in [6, 6.07) is 11.5. The Hall–Kier alpha value is -0.586. The molecule has 0 N–H and O–H groups in total. The van der Waals surface area contributed by atoms with Crippen LogP contribution in [-0.4, -0.2) is 65.3 Å². The zero-order valence-corrected chi connectivity index (χ0v) is 17.9. The first-order valence-corrected chi connectivity index (χ1v) is 12.0. The van der Waals surface area contributed by atoms with Gasteiger partial charge in [0.25, 0.3) is 0 Å². The summed E-state index contributed by atoms with van der Waals surface area (Å²) in [5.74, 6) is 0. The van der Waals surface area contributed by atoms with E-state index in [1.165, 1.54) is 5.56 Å². The predicted octanol–water partition coefficient (Wildman–Crippen LogP) is 1.94. The van der Waals surface area contributed by atoms with Crippen LogP contribution < -0.4 is 0 Å². The van der Waals surface area contributed by atoms with E-state index in [1.807, 2.05) is 0 Å². The molecule has 0 aliphatic carbocycles. The molecule has 0 bridgehead atoms. The number of hydrogen-bond acceptors (Lipinski definition) is 6. The maximum Gasteiger partial charge on any atom is 0.500 e. The highest BCUT2D eigenvalue weighted by molar-refractivity contribution is 6.60. The van der Waals surface area contributed by atoms with Crippen molar-refractivity contribution in [3.8, 4) is 0 Å². The summed E-state index contributed by atoms with van der Waals surface area (Å²) in [5, 5.41) is 1.56. The van der Waals surface area contributed by atoms with E-state index in [9.17, 15) is 0 Å². The molecule has 1 rings (SSSR count). The van der Waals surface area contributed by atoms with Gasteiger partial charge in [-0.25, -0.2) is 0 Å². The molecule has 6 nitrogen and oxygen atoms in total. The topological polar surface area (TPSA) is 49.4 Å². The molecule has 0 radical (unpaired) electrons. The molecule has 0 amide bonds. The third-order valence-corrected chi connectivity index (χ3v) is 9.34. The van der Waals surface area contributed by atoms with Crippen LogP contribution in [0.5, 0.6) is 0 Å². The molecular weight excluding hydrogens is 342 g/mol. The van der Waals surface area contributed by atoms with Crippen LogP contribution in [-0.2, 0) is 23.0 Å². The molecule has 0 saturated carbocycles. The first kappa shape index (κ1) is 21.5. The number of rotatable bonds is 13. The molecular formula is C16H31NO5Si2. The molecule has 0 aliphatic heterocycles. The fourth-order valence-electron chi connectivity index (χ4n) is 2.84. The van der Waals surface area contributed by atoms with Crippen molar-refractivity contribution >= 4 is 18.3 Å². The van der Waals surface area contributed by atoms with Gasteiger partial charge in [-0.2, -0.15) is 0 Å². The van der Waals surface area contributed by atoms with Crippen LogP contribution in [0, 0.1) is 0 Å². The summed E-state index contributed by atoms with van der Waals surface area (Å²) in [5.41, 5.74) is 1.94. The van der Waals surface area contributed by atoms with E-state index in [1.54, 1.807) is 40.8 Å². The van der Waals surface area contributed by atoms with E-state index < -0.39 is 18.3 Å². The van der Waals surface area contributed by atoms with Crippen LogP contribution in [0.3, 0.4) is 0 Å². The van der Waals surface area contributed by atoms with Gasteiger partial charge in [0.1, 0.15) is 0 Å². The van der Waals surface area contributed by atoms with E-state index >= 15 is 0 Å². The second kappa shape index (κ2) is 11.9. The van der Waals surface area contributed by atoms with Crippen LogP contribution in [0.15, 0.2) is 30.3 Å². The van der Waals surface area contributed by atoms with E-state index in [2.05, 4.69) is 30.3 Å². The highest BCUT2D eigenvalue weighted by Gasteiger charge is 2.37. The summed E-state index contributed by atoms with van der Waals surface area (Å²) in [7, 11) is 5.31. The van der Waals surface area contributed by atoms with Gasteiger partial charge in [0.2, 0.25) is 0 Å². The fraction of sp³-hybridized carbons (Fsp3) is 0.625. The Bertz CT molecular complexity index is 421. The smallest absolute Gasteiger partial charge is 0.377 e. The Labute approximate surface area is 149 Å². The lowest BCUT2D eigenvalue weighted by molar-refractivity contribution is -0.332. The number of hydroxylamine groups is 2. The largest absolute Gasteiger partial charge is 0.500 e. The lowest BCUT2D eigenvalue weighted by Gasteiger charge is -2.26. The van der Waals surface area contributed by atoms with Crippen LogP contribution in [0.25, 0.3) is 0 Å². The molecule has 0 aromatic heterocycles. The summed E-state index contributed by atoms with van der Waals surface area (Å²) < 4.78 is 16.5. The van der Waals surface area contributed by atoms with Gasteiger partial charge in [-0.15, -0.1) is 0 Å². The van der Waals surface area contributed by atoms with Crippen molar-refractivity contribution in [1.82, 2.24) is 5.23 Å². The molecule has 0 aliphatic rings. The molecule has 8 heteroatoms. The van der Waals surface area contributed by atoms with Gasteiger partial charge in [0.05, 0.1) is 23.7 Å². The van der Waals surface area contributed by atoms with E-state index in [4.69, 9.17) is 23.0 Å². The van der Waals surface area contributed by atoms with Crippen molar-refractivity contribution in [2.24, 2.45) is 0 Å². The van der Waals surface area contributed by atoms with E-state index in [-0.39, 0.29) is 0 Å². The van der Waals surface area contributed by atoms with Gasteiger partial charge in [-0.05, 0) is 23.9 Å². The number of hydrogen-bond donors (Lipinski definition) is 0. The maximum atomic E-state index is 5.51. The Morgan fingerprint density at radius 2 is 1.54 bits per heavy atom. The number of nitrogens with zero attached hydrogens (tertiary/aromatic N) is 1. The van der Waals surface area contributed by atoms with Gasteiger partial charge >= 0.3 is 8.80 Å². The van der Waals surface area contributed by atoms with Gasteiger partial charge in [-0.3, -0.25) is 9.68 Å². The van der Waals surface area contributed by atoms with Crippen molar-refractivity contribution < 1.29 is 23.0 Å². The molecule has 0 saturated heterocycles. The van der Waals surface area contributed by atoms with Gasteiger partial charge in [0, 0.05) is 33.5 Å². The summed E-state index contributed by atoms with van der Waals surface area (Å²) >= 11 is 0. The molecule has 1 atom stereocenters. The molecule has 24 heavy (non-hydrogen) atoms. The summed E-state index contributed by atoms with van der Waals surface area (Å²) in [6.07, 6.45) is 2.94. The summed E-state index contributed by atoms with van der Waals surface area (Å²) in [4.78, 5) is 10.4. The Kier molecular flexibility index (Phi) is 10.6. The summed E-state index contributed by atoms with van der Waals surface area (Å²) in [6.45, 7) is 0. The molecule has 138 valence electrons. The minimum Gasteiger partial charge on any atom is -0.377 e. The van der Waals surface area contributed by atoms with Crippen LogP contribution in [0.4, 0.5) is 0 Å². The zero-order valence-electron chi connectivity index (χ0n) is 15.5. The lowest BCUT2D eigenvalue weighted by Crippen LogP contribution is -2.42. The van der Waals surface area contributed by atoms with E-state index in [0.717, 1.165) is 25.1 Å². The van der Waals surface area contributed by atoms with Gasteiger partial charge in [-0.1, -0.05) is 35.6 Å². The Morgan fingerprint density at radius 1 is 0.958 bits per heavy atom. The second-order valence-corrected chi connectivity index (χ2v) is 10.6. The van der Waals surface area contributed by atoms with Crippen molar-refractivity contribution in [2.75, 3.05) is 41.7 Å². The standard InChI is InChI=1S/C16H31NO5Si2/c1-18-17(19-2)14-23-16(15-10-7-6-8-11-15)12-9-13-24(20-3,21-4)22-5/h6-8,10-11,16H,9,12-14,23H2,1-5H3. The quantitative estimate of drug-likeness (QED) is 0.389. The first-order chi connectivity index (χ1) is 11.6. The third-order valence-electron chi connectivity index (χ3n) is 4.31. The predicted molar refractivity (Wildman–Crippen MR) is 99.3 cm³/mol. The zero-order chi connectivity index (χ0) is 17.8. The average molecular weight is 374 g/mol. The Balaban J connectivity index is 2.65. The molecule has 1 unspecified atom stereocenters. The highest BCUT2D eigenvalue weighted by atomic mass is 28.4. The van der Waals surface area contributed by atoms with Crippen molar-refractivity contribution in [2.45, 2.75) is 24.4 Å². The molecule has 1 aromatic rings. The third kappa shape index (κ3) is 6.73. The minimum absolute atomic E-state index is 0.456. The van der Waals surface area contributed by atoms with Gasteiger partial charge in [0.15, 0.2) is 0 Å². The van der Waals surface area contributed by atoms with Crippen molar-refractivity contribution in [3.05, 3.63) is 35.9 Å². The molecule has 0 heterocycles. The minimum atomic E-state index is -2.49. The first-order valence-electron chi connectivity index (χ1n) is 8.20. The Morgan fingerprint density at radius 3 is 2.04 bits per heavy atom. The number of benzene rings is 1. The van der Waals surface area contributed by atoms with Crippen molar-refractivity contribution in [1.29, 1.82) is 0 Å². The monoisotopic (exact) mass is 373 g/mol. The van der Waals surface area contributed by atoms with Gasteiger partial charge < -0.3 is 13.3 Å². The average Bonchev–Trinajstić information content (AvgIpc) is 2.65.